The first kappa shape index (κ1) is 10.5. The van der Waals surface area contributed by atoms with Crippen LogP contribution in [0.1, 0.15) is 41.2 Å². The first-order chi connectivity index (χ1) is 7.15. The summed E-state index contributed by atoms with van der Waals surface area (Å²) in [6.07, 6.45) is 3.36. The molecule has 0 bridgehead atoms. The van der Waals surface area contributed by atoms with Gasteiger partial charge in [0.2, 0.25) is 0 Å². The molecule has 0 saturated heterocycles. The maximum Gasteiger partial charge on any atom is 0.342 e. The molecule has 0 aromatic carbocycles. The molecule has 0 unspecified atom stereocenters. The van der Waals surface area contributed by atoms with Crippen LogP contribution in [0.25, 0.3) is 0 Å². The summed E-state index contributed by atoms with van der Waals surface area (Å²) < 4.78 is 6.24. The average molecular weight is 229 g/mol. The number of hydrogen-bond acceptors (Lipinski definition) is 3. The summed E-state index contributed by atoms with van der Waals surface area (Å²) in [5.74, 6) is -0.0206. The minimum absolute atomic E-state index is 0.365. The van der Waals surface area contributed by atoms with E-state index in [4.69, 9.17) is 16.3 Å². The topological polar surface area (TPSA) is 44.1 Å². The number of aromatic nitrogens is 2. The summed E-state index contributed by atoms with van der Waals surface area (Å²) in [5, 5.41) is 4.65. The summed E-state index contributed by atoms with van der Waals surface area (Å²) in [5.41, 5.74) is 1.23. The Morgan fingerprint density at radius 2 is 2.27 bits per heavy atom. The molecule has 0 radical (unpaired) electrons. The predicted molar refractivity (Wildman–Crippen MR) is 56.1 cm³/mol. The van der Waals surface area contributed by atoms with Crippen LogP contribution in [0.15, 0.2) is 0 Å². The number of rotatable bonds is 2. The number of carbonyl (C=O) groups is 1. The van der Waals surface area contributed by atoms with Crippen LogP contribution in [0.4, 0.5) is 0 Å². The van der Waals surface area contributed by atoms with Gasteiger partial charge in [0.15, 0.2) is 0 Å². The van der Waals surface area contributed by atoms with Gasteiger partial charge in [-0.15, -0.1) is 0 Å². The molecule has 1 saturated carbocycles. The van der Waals surface area contributed by atoms with Crippen molar-refractivity contribution in [3.8, 4) is 0 Å². The van der Waals surface area contributed by atoms with Crippen LogP contribution in [-0.4, -0.2) is 22.9 Å². The number of hydrogen-bond donors (Lipinski definition) is 0. The minimum Gasteiger partial charge on any atom is -0.465 e. The Morgan fingerprint density at radius 1 is 1.60 bits per heavy atom. The maximum absolute atomic E-state index is 11.6. The van der Waals surface area contributed by atoms with Crippen molar-refractivity contribution in [1.82, 2.24) is 9.78 Å². The fourth-order valence-electron chi connectivity index (χ4n) is 1.78. The molecule has 1 aliphatic rings. The van der Waals surface area contributed by atoms with Crippen LogP contribution in [0, 0.1) is 0 Å². The number of nitrogens with zero attached hydrogens (tertiary/aromatic N) is 2. The van der Waals surface area contributed by atoms with Crippen LogP contribution in [0.5, 0.6) is 0 Å². The molecule has 2 rings (SSSR count). The van der Waals surface area contributed by atoms with Crippen molar-refractivity contribution in [2.24, 2.45) is 7.05 Å². The molecule has 15 heavy (non-hydrogen) atoms. The zero-order valence-corrected chi connectivity index (χ0v) is 9.54. The van der Waals surface area contributed by atoms with Crippen LogP contribution in [-0.2, 0) is 11.8 Å². The van der Waals surface area contributed by atoms with Gasteiger partial charge in [0.05, 0.1) is 12.8 Å². The first-order valence-corrected chi connectivity index (χ1v) is 5.33. The maximum atomic E-state index is 11.6. The lowest BCUT2D eigenvalue weighted by molar-refractivity contribution is 0.0598. The van der Waals surface area contributed by atoms with Crippen LogP contribution in [0.3, 0.4) is 0 Å². The lowest BCUT2D eigenvalue weighted by Crippen LogP contribution is -2.14. The number of esters is 1. The summed E-state index contributed by atoms with van der Waals surface area (Å²) >= 11 is 6.01. The molecule has 1 aromatic heterocycles. The summed E-state index contributed by atoms with van der Waals surface area (Å²) in [4.78, 5) is 11.6. The molecule has 1 aromatic rings. The fraction of sp³-hybridized carbons (Fsp3) is 0.600. The third-order valence-electron chi connectivity index (χ3n) is 2.89. The van der Waals surface area contributed by atoms with E-state index in [1.807, 2.05) is 0 Å². The zero-order valence-electron chi connectivity index (χ0n) is 8.79. The number of methoxy groups -OCH3 is 1. The molecule has 4 nitrogen and oxygen atoms in total. The first-order valence-electron chi connectivity index (χ1n) is 4.96. The molecule has 0 amide bonds. The monoisotopic (exact) mass is 228 g/mol. The second kappa shape index (κ2) is 3.85. The van der Waals surface area contributed by atoms with E-state index >= 15 is 0 Å². The van der Waals surface area contributed by atoms with E-state index in [0.717, 1.165) is 18.5 Å². The lowest BCUT2D eigenvalue weighted by Gasteiger charge is -2.23. The third-order valence-corrected chi connectivity index (χ3v) is 3.32. The van der Waals surface area contributed by atoms with Crippen molar-refractivity contribution in [2.75, 3.05) is 7.11 Å². The van der Waals surface area contributed by atoms with Crippen molar-refractivity contribution in [3.63, 3.8) is 0 Å². The number of halogens is 1. The van der Waals surface area contributed by atoms with Gasteiger partial charge in [-0.3, -0.25) is 4.68 Å². The van der Waals surface area contributed by atoms with E-state index in [1.54, 1.807) is 7.05 Å². The third kappa shape index (κ3) is 1.63. The van der Waals surface area contributed by atoms with Gasteiger partial charge >= 0.3 is 5.97 Å². The van der Waals surface area contributed by atoms with Crippen molar-refractivity contribution in [2.45, 2.75) is 25.2 Å². The highest BCUT2D eigenvalue weighted by Gasteiger charge is 2.31. The van der Waals surface area contributed by atoms with E-state index in [2.05, 4.69) is 5.10 Å². The molecule has 1 fully saturated rings. The van der Waals surface area contributed by atoms with Crippen LogP contribution in [0.2, 0.25) is 5.15 Å². The summed E-state index contributed by atoms with van der Waals surface area (Å²) in [6, 6.07) is 0. The van der Waals surface area contributed by atoms with Gasteiger partial charge < -0.3 is 4.74 Å². The molecule has 5 heteroatoms. The van der Waals surface area contributed by atoms with E-state index < -0.39 is 5.97 Å². The van der Waals surface area contributed by atoms with E-state index in [0.29, 0.717) is 16.6 Å². The highest BCUT2D eigenvalue weighted by atomic mass is 35.5. The summed E-state index contributed by atoms with van der Waals surface area (Å²) in [6.45, 7) is 0. The SMILES string of the molecule is COC(=O)c1c(C2CCC2)nn(C)c1Cl. The Hall–Kier alpha value is -1.03. The molecular formula is C10H13ClN2O2. The second-order valence-corrected chi connectivity index (χ2v) is 4.15. The smallest absolute Gasteiger partial charge is 0.342 e. The lowest BCUT2D eigenvalue weighted by atomic mass is 9.81. The van der Waals surface area contributed by atoms with Crippen molar-refractivity contribution >= 4 is 17.6 Å². The van der Waals surface area contributed by atoms with E-state index in [1.165, 1.54) is 18.2 Å². The van der Waals surface area contributed by atoms with E-state index in [-0.39, 0.29) is 0 Å². The average Bonchev–Trinajstić information content (AvgIpc) is 2.40. The van der Waals surface area contributed by atoms with Gasteiger partial charge in [0.1, 0.15) is 10.7 Å². The molecule has 0 atom stereocenters. The molecular weight excluding hydrogens is 216 g/mol. The Balaban J connectivity index is 2.43. The van der Waals surface area contributed by atoms with Crippen molar-refractivity contribution in [3.05, 3.63) is 16.4 Å². The normalized spacial score (nSPS) is 16.2. The summed E-state index contributed by atoms with van der Waals surface area (Å²) in [7, 11) is 3.09. The minimum atomic E-state index is -0.394. The van der Waals surface area contributed by atoms with Gasteiger partial charge in [-0.1, -0.05) is 18.0 Å². The zero-order chi connectivity index (χ0) is 11.0. The molecule has 0 N–H and O–H groups in total. The Kier molecular flexibility index (Phi) is 2.69. The molecule has 1 aliphatic carbocycles. The Labute approximate surface area is 93.2 Å². The van der Waals surface area contributed by atoms with E-state index in [9.17, 15) is 4.79 Å². The van der Waals surface area contributed by atoms with Gasteiger partial charge in [0, 0.05) is 13.0 Å². The van der Waals surface area contributed by atoms with Gasteiger partial charge in [-0.25, -0.2) is 4.79 Å². The van der Waals surface area contributed by atoms with Crippen LogP contribution >= 0.6 is 11.6 Å². The van der Waals surface area contributed by atoms with Gasteiger partial charge in [-0.2, -0.15) is 5.10 Å². The molecule has 0 aliphatic heterocycles. The highest BCUT2D eigenvalue weighted by molar-refractivity contribution is 6.32. The molecule has 1 heterocycles. The van der Waals surface area contributed by atoms with Gasteiger partial charge in [0.25, 0.3) is 0 Å². The number of carbonyl (C=O) groups excluding carboxylic acids is 1. The quantitative estimate of drug-likeness (QED) is 0.729. The van der Waals surface area contributed by atoms with Crippen LogP contribution < -0.4 is 0 Å². The molecule has 0 spiro atoms. The van der Waals surface area contributed by atoms with Crippen molar-refractivity contribution in [1.29, 1.82) is 0 Å². The largest absolute Gasteiger partial charge is 0.465 e. The Morgan fingerprint density at radius 3 is 2.73 bits per heavy atom. The second-order valence-electron chi connectivity index (χ2n) is 3.79. The van der Waals surface area contributed by atoms with Crippen molar-refractivity contribution < 1.29 is 9.53 Å². The molecule has 82 valence electrons. The fourth-order valence-corrected chi connectivity index (χ4v) is 1.99. The Bertz CT molecular complexity index is 396. The van der Waals surface area contributed by atoms with Gasteiger partial charge in [-0.05, 0) is 12.8 Å². The number of aryl methyl sites for hydroxylation is 1. The highest BCUT2D eigenvalue weighted by Crippen LogP contribution is 2.39. The standard InChI is InChI=1S/C10H13ClN2O2/c1-13-9(11)7(10(14)15-2)8(12-13)6-4-3-5-6/h6H,3-5H2,1-2H3. The number of ether oxygens (including phenoxy) is 1. The predicted octanol–water partition coefficient (Wildman–Crippen LogP) is 2.13.